The third-order valence-corrected chi connectivity index (χ3v) is 4.83. The van der Waals surface area contributed by atoms with Gasteiger partial charge in [-0.25, -0.2) is 0 Å². The van der Waals surface area contributed by atoms with Crippen LogP contribution in [0.2, 0.25) is 0 Å². The molecule has 1 aliphatic heterocycles. The Hall–Kier alpha value is -1.66. The fourth-order valence-electron chi connectivity index (χ4n) is 3.65. The summed E-state index contributed by atoms with van der Waals surface area (Å²) < 4.78 is 5.70. The first-order valence-electron chi connectivity index (χ1n) is 9.08. The smallest absolute Gasteiger partial charge is 0.0841 e. The van der Waals surface area contributed by atoms with E-state index in [4.69, 9.17) is 10.5 Å². The topological polar surface area (TPSA) is 62.0 Å². The van der Waals surface area contributed by atoms with Gasteiger partial charge in [-0.05, 0) is 17.9 Å². The summed E-state index contributed by atoms with van der Waals surface area (Å²) in [4.78, 5) is 4.42. The molecule has 2 atom stereocenters. The Morgan fingerprint density at radius 3 is 2.92 bits per heavy atom. The van der Waals surface area contributed by atoms with Crippen LogP contribution in [0, 0.1) is 0 Å². The molecule has 0 amide bonds. The van der Waals surface area contributed by atoms with Crippen LogP contribution in [-0.4, -0.2) is 68.6 Å². The van der Waals surface area contributed by atoms with Crippen molar-refractivity contribution in [3.8, 4) is 0 Å². The molecule has 2 aromatic carbocycles. The van der Waals surface area contributed by atoms with Crippen LogP contribution in [0.5, 0.6) is 0 Å². The number of ether oxygens (including phenoxy) is 1. The number of β-amino-alcohol motifs (C(OH)–C–C–N with tert-alkyl or cyclic N) is 1. The van der Waals surface area contributed by atoms with E-state index < -0.39 is 6.10 Å². The summed E-state index contributed by atoms with van der Waals surface area (Å²) in [7, 11) is 2.04. The van der Waals surface area contributed by atoms with Crippen molar-refractivity contribution in [2.24, 2.45) is 5.73 Å². The molecule has 3 N–H and O–H groups in total. The summed E-state index contributed by atoms with van der Waals surface area (Å²) >= 11 is 0. The van der Waals surface area contributed by atoms with Crippen LogP contribution in [0.4, 0.5) is 5.69 Å². The summed E-state index contributed by atoms with van der Waals surface area (Å²) in [5, 5.41) is 13.0. The maximum Gasteiger partial charge on any atom is 0.0841 e. The summed E-state index contributed by atoms with van der Waals surface area (Å²) in [6.45, 7) is 4.33. The zero-order valence-electron chi connectivity index (χ0n) is 15.0. The number of hydrogen-bond donors (Lipinski definition) is 2. The number of rotatable bonds is 8. The molecule has 25 heavy (non-hydrogen) atoms. The van der Waals surface area contributed by atoms with Gasteiger partial charge in [0, 0.05) is 50.8 Å². The van der Waals surface area contributed by atoms with E-state index in [-0.39, 0.29) is 6.10 Å². The van der Waals surface area contributed by atoms with E-state index in [1.54, 1.807) is 0 Å². The SMILES string of the molecule is CN(CC(O)CN1CCC(OCCN)C1)c1cccc2ccccc12. The van der Waals surface area contributed by atoms with Crippen molar-refractivity contribution >= 4 is 16.5 Å². The van der Waals surface area contributed by atoms with Gasteiger partial charge in [-0.15, -0.1) is 0 Å². The van der Waals surface area contributed by atoms with Crippen LogP contribution >= 0.6 is 0 Å². The lowest BCUT2D eigenvalue weighted by Crippen LogP contribution is -2.38. The molecular weight excluding hydrogens is 314 g/mol. The zero-order chi connectivity index (χ0) is 17.6. The molecule has 2 aromatic rings. The predicted octanol–water partition coefficient (Wildman–Crippen LogP) is 1.69. The third-order valence-electron chi connectivity index (χ3n) is 4.83. The quantitative estimate of drug-likeness (QED) is 0.764. The molecule has 2 unspecified atom stereocenters. The number of nitrogens with two attached hydrogens (primary N) is 1. The Bertz CT molecular complexity index is 674. The zero-order valence-corrected chi connectivity index (χ0v) is 15.0. The van der Waals surface area contributed by atoms with Crippen LogP contribution < -0.4 is 10.6 Å². The highest BCUT2D eigenvalue weighted by molar-refractivity contribution is 5.94. The number of fused-ring (bicyclic) bond motifs is 1. The lowest BCUT2D eigenvalue weighted by molar-refractivity contribution is 0.0584. The lowest BCUT2D eigenvalue weighted by Gasteiger charge is -2.27. The Kier molecular flexibility index (Phi) is 6.26. The molecule has 0 saturated carbocycles. The molecule has 5 heteroatoms. The molecule has 5 nitrogen and oxygen atoms in total. The van der Waals surface area contributed by atoms with Gasteiger partial charge in [0.2, 0.25) is 0 Å². The van der Waals surface area contributed by atoms with E-state index in [0.717, 1.165) is 25.2 Å². The van der Waals surface area contributed by atoms with E-state index in [1.165, 1.54) is 10.8 Å². The molecule has 1 heterocycles. The van der Waals surface area contributed by atoms with Crippen molar-refractivity contribution < 1.29 is 9.84 Å². The molecule has 1 aliphatic rings. The Labute approximate surface area is 150 Å². The van der Waals surface area contributed by atoms with Gasteiger partial charge in [0.05, 0.1) is 18.8 Å². The first-order valence-corrected chi connectivity index (χ1v) is 9.08. The van der Waals surface area contributed by atoms with Crippen molar-refractivity contribution in [2.75, 3.05) is 51.3 Å². The molecule has 0 spiro atoms. The van der Waals surface area contributed by atoms with Crippen LogP contribution in [0.25, 0.3) is 10.8 Å². The number of benzene rings is 2. The lowest BCUT2D eigenvalue weighted by atomic mass is 10.1. The second kappa shape index (κ2) is 8.63. The van der Waals surface area contributed by atoms with Gasteiger partial charge < -0.3 is 20.5 Å². The van der Waals surface area contributed by atoms with Crippen molar-refractivity contribution in [3.05, 3.63) is 42.5 Å². The molecule has 1 fully saturated rings. The van der Waals surface area contributed by atoms with Gasteiger partial charge in [-0.3, -0.25) is 4.90 Å². The van der Waals surface area contributed by atoms with Gasteiger partial charge >= 0.3 is 0 Å². The maximum absolute atomic E-state index is 10.5. The maximum atomic E-state index is 10.5. The number of aliphatic hydroxyl groups is 1. The molecule has 1 saturated heterocycles. The van der Waals surface area contributed by atoms with Crippen LogP contribution in [0.3, 0.4) is 0 Å². The third kappa shape index (κ3) is 4.70. The van der Waals surface area contributed by atoms with E-state index >= 15 is 0 Å². The van der Waals surface area contributed by atoms with E-state index in [9.17, 15) is 5.11 Å². The van der Waals surface area contributed by atoms with Gasteiger partial charge in [-0.1, -0.05) is 36.4 Å². The monoisotopic (exact) mass is 343 g/mol. The van der Waals surface area contributed by atoms with Crippen LogP contribution in [0.1, 0.15) is 6.42 Å². The fraction of sp³-hybridized carbons (Fsp3) is 0.500. The van der Waals surface area contributed by atoms with E-state index in [1.807, 2.05) is 7.05 Å². The standard InChI is InChI=1S/C20H29N3O2/c1-22(20-8-4-6-16-5-2-3-7-19(16)20)13-17(24)14-23-11-9-18(15-23)25-12-10-21/h2-8,17-18,24H,9-15,21H2,1H3. The number of likely N-dealkylation sites (tertiary alicyclic amines) is 1. The largest absolute Gasteiger partial charge is 0.390 e. The average Bonchev–Trinajstić information content (AvgIpc) is 3.06. The normalized spacial score (nSPS) is 19.4. The summed E-state index contributed by atoms with van der Waals surface area (Å²) in [5.41, 5.74) is 6.64. The molecule has 0 aliphatic carbocycles. The highest BCUT2D eigenvalue weighted by atomic mass is 16.5. The average molecular weight is 343 g/mol. The van der Waals surface area contributed by atoms with Gasteiger partial charge in [-0.2, -0.15) is 0 Å². The van der Waals surface area contributed by atoms with Crippen molar-refractivity contribution in [3.63, 3.8) is 0 Å². The predicted molar refractivity (Wildman–Crippen MR) is 103 cm³/mol. The Morgan fingerprint density at radius 1 is 1.28 bits per heavy atom. The minimum atomic E-state index is -0.391. The van der Waals surface area contributed by atoms with E-state index in [0.29, 0.717) is 26.2 Å². The van der Waals surface area contributed by atoms with Crippen LogP contribution in [0.15, 0.2) is 42.5 Å². The summed E-state index contributed by atoms with van der Waals surface area (Å²) in [6.07, 6.45) is 0.884. The minimum Gasteiger partial charge on any atom is -0.390 e. The molecule has 136 valence electrons. The summed E-state index contributed by atoms with van der Waals surface area (Å²) in [5.74, 6) is 0. The summed E-state index contributed by atoms with van der Waals surface area (Å²) in [6, 6.07) is 14.7. The van der Waals surface area contributed by atoms with Gasteiger partial charge in [0.1, 0.15) is 0 Å². The number of nitrogens with zero attached hydrogens (tertiary/aromatic N) is 2. The molecule has 0 bridgehead atoms. The van der Waals surface area contributed by atoms with Crippen molar-refractivity contribution in [1.82, 2.24) is 4.90 Å². The number of anilines is 1. The molecule has 0 aromatic heterocycles. The highest BCUT2D eigenvalue weighted by Crippen LogP contribution is 2.26. The Balaban J connectivity index is 1.55. The first kappa shape index (κ1) is 18.1. The van der Waals surface area contributed by atoms with Gasteiger partial charge in [0.15, 0.2) is 0 Å². The Morgan fingerprint density at radius 2 is 2.08 bits per heavy atom. The second-order valence-electron chi connectivity index (χ2n) is 6.86. The van der Waals surface area contributed by atoms with Crippen LogP contribution in [-0.2, 0) is 4.74 Å². The number of aliphatic hydroxyl groups excluding tert-OH is 1. The first-order chi connectivity index (χ1) is 12.2. The van der Waals surface area contributed by atoms with Gasteiger partial charge in [0.25, 0.3) is 0 Å². The van der Waals surface area contributed by atoms with Crippen molar-refractivity contribution in [2.45, 2.75) is 18.6 Å². The fourth-order valence-corrected chi connectivity index (χ4v) is 3.65. The highest BCUT2D eigenvalue weighted by Gasteiger charge is 2.25. The minimum absolute atomic E-state index is 0.256. The number of hydrogen-bond acceptors (Lipinski definition) is 5. The molecule has 3 rings (SSSR count). The second-order valence-corrected chi connectivity index (χ2v) is 6.86. The molecular formula is C20H29N3O2. The number of likely N-dealkylation sites (N-methyl/N-ethyl adjacent to an activating group) is 1. The van der Waals surface area contributed by atoms with E-state index in [2.05, 4.69) is 52.3 Å². The molecule has 0 radical (unpaired) electrons. The van der Waals surface area contributed by atoms with Crippen molar-refractivity contribution in [1.29, 1.82) is 0 Å².